The topological polar surface area (TPSA) is 113 Å². The molecule has 0 radical (unpaired) electrons. The predicted octanol–water partition coefficient (Wildman–Crippen LogP) is 9.18. The highest BCUT2D eigenvalue weighted by Crippen LogP contribution is 2.35. The molecule has 0 bridgehead atoms. The molecule has 1 atom stereocenters. The van der Waals surface area contributed by atoms with Crippen LogP contribution in [0.3, 0.4) is 0 Å². The molecule has 0 aliphatic rings. The van der Waals surface area contributed by atoms with Crippen molar-refractivity contribution in [2.75, 3.05) is 17.6 Å². The quantitative estimate of drug-likeness (QED) is 0.117. The summed E-state index contributed by atoms with van der Waals surface area (Å²) >= 11 is 19.0. The Hall–Kier alpha value is -4.18. The first kappa shape index (κ1) is 36.1. The highest BCUT2D eigenvalue weighted by atomic mass is 35.5. The lowest BCUT2D eigenvalue weighted by Gasteiger charge is -2.19. The van der Waals surface area contributed by atoms with Gasteiger partial charge in [0.2, 0.25) is 5.91 Å². The van der Waals surface area contributed by atoms with Gasteiger partial charge < -0.3 is 10.6 Å². The second kappa shape index (κ2) is 15.6. The summed E-state index contributed by atoms with van der Waals surface area (Å²) in [5.41, 5.74) is 8.25. The minimum Gasteiger partial charge on any atom is -0.351 e. The van der Waals surface area contributed by atoms with E-state index in [0.717, 1.165) is 44.5 Å². The fourth-order valence-corrected chi connectivity index (χ4v) is 6.70. The van der Waals surface area contributed by atoms with Gasteiger partial charge in [-0.15, -0.1) is 0 Å². The number of benzene rings is 5. The Morgan fingerprint density at radius 2 is 1.33 bits per heavy atom. The Bertz CT molecular complexity index is 2120. The Morgan fingerprint density at radius 3 is 1.90 bits per heavy atom. The van der Waals surface area contributed by atoms with E-state index in [2.05, 4.69) is 10.6 Å². The average Bonchev–Trinajstić information content (AvgIpc) is 3.04. The molecule has 0 aliphatic heterocycles. The van der Waals surface area contributed by atoms with E-state index in [1.165, 1.54) is 0 Å². The van der Waals surface area contributed by atoms with Crippen LogP contribution in [0.5, 0.6) is 0 Å². The van der Waals surface area contributed by atoms with E-state index < -0.39 is 27.7 Å². The molecule has 0 heterocycles. The lowest BCUT2D eigenvalue weighted by Crippen LogP contribution is -2.28. The molecule has 0 saturated carbocycles. The van der Waals surface area contributed by atoms with Crippen molar-refractivity contribution in [3.63, 3.8) is 0 Å². The molecule has 0 aliphatic carbocycles. The third-order valence-corrected chi connectivity index (χ3v) is 9.65. The van der Waals surface area contributed by atoms with E-state index in [1.807, 2.05) is 86.6 Å². The Labute approximate surface area is 301 Å². The molecular weight excluding hydrogens is 703 g/mol. The Kier molecular flexibility index (Phi) is 11.5. The number of hydrogen-bond acceptors (Lipinski definition) is 4. The van der Waals surface area contributed by atoms with Crippen LogP contribution in [0.25, 0.3) is 22.3 Å². The second-order valence-electron chi connectivity index (χ2n) is 11.7. The minimum atomic E-state index is -4.19. The van der Waals surface area contributed by atoms with Gasteiger partial charge in [-0.05, 0) is 108 Å². The van der Waals surface area contributed by atoms with Crippen LogP contribution in [0.4, 0.5) is 5.69 Å². The van der Waals surface area contributed by atoms with Crippen LogP contribution in [0.1, 0.15) is 38.5 Å². The molecule has 0 fully saturated rings. The van der Waals surface area contributed by atoms with Gasteiger partial charge in [0.05, 0.1) is 16.7 Å². The summed E-state index contributed by atoms with van der Waals surface area (Å²) in [5.74, 6) is -1.91. The summed E-state index contributed by atoms with van der Waals surface area (Å²) in [4.78, 5) is 26.5. The van der Waals surface area contributed by atoms with Gasteiger partial charge in [-0.2, -0.15) is 8.42 Å². The smallest absolute Gasteiger partial charge is 0.266 e. The van der Waals surface area contributed by atoms with Crippen LogP contribution >= 0.6 is 34.8 Å². The van der Waals surface area contributed by atoms with Gasteiger partial charge in [-0.1, -0.05) is 89.4 Å². The number of anilines is 1. The van der Waals surface area contributed by atoms with Crippen molar-refractivity contribution in [3.05, 3.63) is 146 Å². The van der Waals surface area contributed by atoms with E-state index in [0.29, 0.717) is 32.7 Å². The van der Waals surface area contributed by atoms with Crippen molar-refractivity contribution < 1.29 is 22.6 Å². The SMILES string of the molecule is Cc1cc(Cl)ccc1-c1ccc(C(Cc2ccc(C(=O)NCCS(=O)(=O)O)cc2)C(=O)Nc2ccc(-c3ccc(Cl)cc3C)c(Cl)c2)cc1. The molecule has 11 heteroatoms. The number of nitrogens with one attached hydrogen (secondary N) is 2. The molecule has 2 amide bonds. The zero-order chi connectivity index (χ0) is 35.3. The van der Waals surface area contributed by atoms with Crippen LogP contribution < -0.4 is 10.6 Å². The van der Waals surface area contributed by atoms with E-state index in [4.69, 9.17) is 39.4 Å². The average molecular weight is 736 g/mol. The van der Waals surface area contributed by atoms with Crippen molar-refractivity contribution in [2.45, 2.75) is 26.2 Å². The standard InChI is InChI=1S/C38H33Cl3N2O5S/c1-23-19-29(39)11-14-32(23)26-7-9-27(10-8-26)35(21-25-3-5-28(6-4-25)37(44)42-17-18-49(46,47)48)38(45)43-31-13-16-34(36(41)22-31)33-15-12-30(40)20-24(33)2/h3-16,19-20,22,35H,17-18,21H2,1-2H3,(H,42,44)(H,43,45)(H,46,47,48). The monoisotopic (exact) mass is 734 g/mol. The number of halogens is 3. The van der Waals surface area contributed by atoms with Gasteiger partial charge in [0.15, 0.2) is 0 Å². The van der Waals surface area contributed by atoms with Crippen molar-refractivity contribution in [1.82, 2.24) is 5.32 Å². The molecular formula is C38H33Cl3N2O5S. The Morgan fingerprint density at radius 1 is 0.735 bits per heavy atom. The molecule has 49 heavy (non-hydrogen) atoms. The molecule has 5 rings (SSSR count). The third-order valence-electron chi connectivity index (χ3n) is 8.15. The second-order valence-corrected chi connectivity index (χ2v) is 14.6. The highest BCUT2D eigenvalue weighted by molar-refractivity contribution is 7.85. The summed E-state index contributed by atoms with van der Waals surface area (Å²) in [7, 11) is -4.19. The van der Waals surface area contributed by atoms with Gasteiger partial charge in [0, 0.05) is 33.4 Å². The van der Waals surface area contributed by atoms with Crippen LogP contribution in [-0.4, -0.2) is 37.1 Å². The molecule has 3 N–H and O–H groups in total. The van der Waals surface area contributed by atoms with Gasteiger partial charge in [0.25, 0.3) is 16.0 Å². The number of carbonyl (C=O) groups is 2. The highest BCUT2D eigenvalue weighted by Gasteiger charge is 2.23. The fraction of sp³-hybridized carbons (Fsp3) is 0.158. The minimum absolute atomic E-state index is 0.225. The fourth-order valence-electron chi connectivity index (χ4n) is 5.60. The third kappa shape index (κ3) is 9.50. The van der Waals surface area contributed by atoms with Crippen LogP contribution in [0.2, 0.25) is 15.1 Å². The van der Waals surface area contributed by atoms with E-state index in [1.54, 1.807) is 30.3 Å². The van der Waals surface area contributed by atoms with Gasteiger partial charge >= 0.3 is 0 Å². The predicted molar refractivity (Wildman–Crippen MR) is 199 cm³/mol. The first-order valence-electron chi connectivity index (χ1n) is 15.3. The first-order valence-corrected chi connectivity index (χ1v) is 18.1. The molecule has 252 valence electrons. The summed E-state index contributed by atoms with van der Waals surface area (Å²) in [6.45, 7) is 3.73. The Balaban J connectivity index is 1.39. The van der Waals surface area contributed by atoms with Gasteiger partial charge in [-0.25, -0.2) is 0 Å². The molecule has 5 aromatic carbocycles. The normalized spacial score (nSPS) is 12.0. The summed E-state index contributed by atoms with van der Waals surface area (Å²) in [5, 5.41) is 7.28. The van der Waals surface area contributed by atoms with E-state index >= 15 is 0 Å². The van der Waals surface area contributed by atoms with Crippen molar-refractivity contribution in [3.8, 4) is 22.3 Å². The zero-order valence-electron chi connectivity index (χ0n) is 26.6. The number of hydrogen-bond donors (Lipinski definition) is 3. The number of aryl methyl sites for hydroxylation is 2. The maximum atomic E-state index is 14.0. The zero-order valence-corrected chi connectivity index (χ0v) is 29.7. The summed E-state index contributed by atoms with van der Waals surface area (Å²) in [6.07, 6.45) is 0.325. The van der Waals surface area contributed by atoms with E-state index in [9.17, 15) is 18.0 Å². The molecule has 0 spiro atoms. The maximum Gasteiger partial charge on any atom is 0.266 e. The van der Waals surface area contributed by atoms with Gasteiger partial charge in [-0.3, -0.25) is 14.1 Å². The number of carbonyl (C=O) groups excluding carboxylic acids is 2. The number of amides is 2. The summed E-state index contributed by atoms with van der Waals surface area (Å²) in [6, 6.07) is 31.3. The molecule has 1 unspecified atom stereocenters. The maximum absolute atomic E-state index is 14.0. The van der Waals surface area contributed by atoms with Crippen molar-refractivity contribution in [1.29, 1.82) is 0 Å². The molecule has 5 aromatic rings. The molecule has 0 saturated heterocycles. The number of rotatable bonds is 11. The molecule has 7 nitrogen and oxygen atoms in total. The lowest BCUT2D eigenvalue weighted by molar-refractivity contribution is -0.117. The lowest BCUT2D eigenvalue weighted by atomic mass is 9.89. The van der Waals surface area contributed by atoms with Crippen LogP contribution in [0, 0.1) is 13.8 Å². The first-order chi connectivity index (χ1) is 23.3. The van der Waals surface area contributed by atoms with Crippen molar-refractivity contribution >= 4 is 62.4 Å². The van der Waals surface area contributed by atoms with E-state index in [-0.39, 0.29) is 12.5 Å². The van der Waals surface area contributed by atoms with Gasteiger partial charge in [0.1, 0.15) is 0 Å². The van der Waals surface area contributed by atoms with Crippen LogP contribution in [-0.2, 0) is 21.3 Å². The summed E-state index contributed by atoms with van der Waals surface area (Å²) < 4.78 is 30.9. The van der Waals surface area contributed by atoms with Crippen molar-refractivity contribution in [2.24, 2.45) is 0 Å². The molecule has 0 aromatic heterocycles. The van der Waals surface area contributed by atoms with Crippen LogP contribution in [0.15, 0.2) is 103 Å². The largest absolute Gasteiger partial charge is 0.351 e.